The van der Waals surface area contributed by atoms with Crippen LogP contribution in [0.4, 0.5) is 0 Å². The van der Waals surface area contributed by atoms with Gasteiger partial charge in [-0.05, 0) is 143 Å². The summed E-state index contributed by atoms with van der Waals surface area (Å²) in [6, 6.07) is 23.2. The maximum Gasteiger partial charge on any atom is 0.311 e. The number of fused-ring (bicyclic) bond motifs is 2. The Balaban J connectivity index is 1.23. The second kappa shape index (κ2) is 15.4. The van der Waals surface area contributed by atoms with E-state index in [1.165, 1.54) is 35.1 Å². The molecule has 3 aromatic rings. The number of nitrogens with zero attached hydrogens (tertiary/aromatic N) is 2. The van der Waals surface area contributed by atoms with Crippen molar-refractivity contribution in [2.24, 2.45) is 0 Å². The predicted octanol–water partition coefficient (Wildman–Crippen LogP) is 9.12. The minimum Gasteiger partial charge on any atom is -0.483 e. The standard InChI is InChI=1S/C41H51ClN2O3/c1-30(11-9-14-32-16-18-34(42)19-17-32)33-27-37(46-39(45)15-10-24-43-22-7-8-23-43)40-35-29-44(25-20-31-12-5-4-6-13-31)26-21-36(35)41(2,3)47-38(40)28-33/h4-6,12-13,16-19,27-28,30H,7-11,14-15,20-26,29H2,1-3H3. The van der Waals surface area contributed by atoms with Gasteiger partial charge in [-0.2, -0.15) is 0 Å². The van der Waals surface area contributed by atoms with E-state index in [1.54, 1.807) is 0 Å². The molecule has 3 aliphatic heterocycles. The molecule has 3 aromatic carbocycles. The van der Waals surface area contributed by atoms with Gasteiger partial charge in [-0.1, -0.05) is 61.0 Å². The van der Waals surface area contributed by atoms with E-state index in [0.717, 1.165) is 99.7 Å². The Morgan fingerprint density at radius 3 is 2.43 bits per heavy atom. The number of aryl methyl sites for hydroxylation is 1. The minimum atomic E-state index is -0.415. The van der Waals surface area contributed by atoms with Gasteiger partial charge in [0.25, 0.3) is 0 Å². The Morgan fingerprint density at radius 1 is 0.915 bits per heavy atom. The summed E-state index contributed by atoms with van der Waals surface area (Å²) >= 11 is 6.10. The average Bonchev–Trinajstić information content (AvgIpc) is 3.58. The summed E-state index contributed by atoms with van der Waals surface area (Å²) in [5.74, 6) is 1.65. The maximum atomic E-state index is 13.4. The highest BCUT2D eigenvalue weighted by Gasteiger charge is 2.39. The fourth-order valence-corrected chi connectivity index (χ4v) is 7.71. The van der Waals surface area contributed by atoms with Gasteiger partial charge in [-0.3, -0.25) is 9.69 Å². The van der Waals surface area contributed by atoms with Crippen molar-refractivity contribution in [3.8, 4) is 11.5 Å². The van der Waals surface area contributed by atoms with E-state index >= 15 is 0 Å². The Kier molecular flexibility index (Phi) is 11.1. The summed E-state index contributed by atoms with van der Waals surface area (Å²) in [6.45, 7) is 12.7. The smallest absolute Gasteiger partial charge is 0.311 e. The maximum absolute atomic E-state index is 13.4. The molecule has 1 fully saturated rings. The van der Waals surface area contributed by atoms with E-state index in [1.807, 2.05) is 12.1 Å². The zero-order valence-electron chi connectivity index (χ0n) is 28.5. The minimum absolute atomic E-state index is 0.150. The summed E-state index contributed by atoms with van der Waals surface area (Å²) in [5.41, 5.74) is 6.99. The predicted molar refractivity (Wildman–Crippen MR) is 193 cm³/mol. The molecular weight excluding hydrogens is 604 g/mol. The summed E-state index contributed by atoms with van der Waals surface area (Å²) in [5, 5.41) is 0.771. The van der Waals surface area contributed by atoms with Crippen LogP contribution in [0, 0.1) is 0 Å². The molecule has 0 bridgehead atoms. The van der Waals surface area contributed by atoms with Gasteiger partial charge >= 0.3 is 5.97 Å². The van der Waals surface area contributed by atoms with Gasteiger partial charge in [0.1, 0.15) is 17.1 Å². The topological polar surface area (TPSA) is 42.0 Å². The van der Waals surface area contributed by atoms with Gasteiger partial charge in [0.05, 0.1) is 5.56 Å². The molecule has 0 aliphatic carbocycles. The Bertz CT molecular complexity index is 1540. The molecule has 6 rings (SSSR count). The molecule has 0 spiro atoms. The quantitative estimate of drug-likeness (QED) is 0.136. The zero-order valence-corrected chi connectivity index (χ0v) is 29.3. The van der Waals surface area contributed by atoms with E-state index in [0.29, 0.717) is 12.2 Å². The van der Waals surface area contributed by atoms with Gasteiger partial charge in [0.2, 0.25) is 0 Å². The van der Waals surface area contributed by atoms with E-state index in [4.69, 9.17) is 21.1 Å². The molecule has 5 nitrogen and oxygen atoms in total. The van der Waals surface area contributed by atoms with Crippen LogP contribution in [0.1, 0.15) is 93.9 Å². The number of benzene rings is 3. The van der Waals surface area contributed by atoms with Crippen molar-refractivity contribution >= 4 is 23.1 Å². The van der Waals surface area contributed by atoms with Crippen LogP contribution in [0.2, 0.25) is 5.02 Å². The fourth-order valence-electron chi connectivity index (χ4n) is 7.58. The normalized spacial score (nSPS) is 18.4. The molecule has 0 saturated carbocycles. The van der Waals surface area contributed by atoms with Crippen LogP contribution in [-0.4, -0.2) is 60.6 Å². The SMILES string of the molecule is CC(CCCc1ccc(Cl)cc1)c1cc(OC(=O)CCCN2CCCC2)c2c(c1)OC(C)(C)C1=C2CN(CCc2ccccc2)CC1. The Morgan fingerprint density at radius 2 is 1.66 bits per heavy atom. The monoisotopic (exact) mass is 654 g/mol. The van der Waals surface area contributed by atoms with Crippen LogP contribution in [0.5, 0.6) is 11.5 Å². The molecule has 1 atom stereocenters. The van der Waals surface area contributed by atoms with Crippen molar-refractivity contribution in [1.29, 1.82) is 0 Å². The van der Waals surface area contributed by atoms with E-state index in [2.05, 4.69) is 85.2 Å². The first-order valence-electron chi connectivity index (χ1n) is 17.8. The van der Waals surface area contributed by atoms with Crippen LogP contribution < -0.4 is 9.47 Å². The number of rotatable bonds is 13. The molecule has 1 saturated heterocycles. The lowest BCUT2D eigenvalue weighted by atomic mass is 9.80. The number of carbonyl (C=O) groups excluding carboxylic acids is 1. The third-order valence-electron chi connectivity index (χ3n) is 10.3. The van der Waals surface area contributed by atoms with Crippen LogP contribution in [-0.2, 0) is 17.6 Å². The third kappa shape index (κ3) is 8.68. The average molecular weight is 655 g/mol. The van der Waals surface area contributed by atoms with Gasteiger partial charge < -0.3 is 14.4 Å². The molecule has 0 aromatic heterocycles. The first-order chi connectivity index (χ1) is 22.7. The van der Waals surface area contributed by atoms with E-state index in [-0.39, 0.29) is 11.9 Å². The van der Waals surface area contributed by atoms with E-state index < -0.39 is 5.60 Å². The van der Waals surface area contributed by atoms with Crippen molar-refractivity contribution in [2.45, 2.75) is 90.1 Å². The number of ether oxygens (including phenoxy) is 2. The summed E-state index contributed by atoms with van der Waals surface area (Å²) in [7, 11) is 0. The summed E-state index contributed by atoms with van der Waals surface area (Å²) in [6.07, 6.45) is 8.82. The molecule has 0 N–H and O–H groups in total. The van der Waals surface area contributed by atoms with Crippen LogP contribution in [0.15, 0.2) is 72.3 Å². The summed E-state index contributed by atoms with van der Waals surface area (Å²) < 4.78 is 13.1. The van der Waals surface area contributed by atoms with Crippen molar-refractivity contribution < 1.29 is 14.3 Å². The number of hydrogen-bond donors (Lipinski definition) is 0. The molecule has 47 heavy (non-hydrogen) atoms. The van der Waals surface area contributed by atoms with Gasteiger partial charge in [-0.15, -0.1) is 0 Å². The number of esters is 1. The van der Waals surface area contributed by atoms with Crippen molar-refractivity contribution in [3.05, 3.63) is 99.6 Å². The lowest BCUT2D eigenvalue weighted by Crippen LogP contribution is -2.42. The molecule has 3 heterocycles. The molecular formula is C41H51ClN2O3. The second-order valence-electron chi connectivity index (χ2n) is 14.3. The molecule has 0 radical (unpaired) electrons. The number of likely N-dealkylation sites (tertiary alicyclic amines) is 1. The van der Waals surface area contributed by atoms with Crippen molar-refractivity contribution in [3.63, 3.8) is 0 Å². The summed E-state index contributed by atoms with van der Waals surface area (Å²) in [4.78, 5) is 18.4. The van der Waals surface area contributed by atoms with Gasteiger partial charge in [0, 0.05) is 31.1 Å². The molecule has 1 unspecified atom stereocenters. The largest absolute Gasteiger partial charge is 0.483 e. The Hall–Kier alpha value is -3.12. The second-order valence-corrected chi connectivity index (χ2v) is 14.7. The van der Waals surface area contributed by atoms with Crippen molar-refractivity contribution in [2.75, 3.05) is 39.3 Å². The highest BCUT2D eigenvalue weighted by atomic mass is 35.5. The first-order valence-corrected chi connectivity index (χ1v) is 18.2. The number of carbonyl (C=O) groups is 1. The molecule has 250 valence electrons. The van der Waals surface area contributed by atoms with Crippen LogP contribution in [0.3, 0.4) is 0 Å². The lowest BCUT2D eigenvalue weighted by molar-refractivity contribution is -0.134. The van der Waals surface area contributed by atoms with Crippen LogP contribution >= 0.6 is 11.6 Å². The Labute approximate surface area is 286 Å². The molecule has 3 aliphatic rings. The lowest BCUT2D eigenvalue weighted by Gasteiger charge is -2.43. The number of halogens is 1. The van der Waals surface area contributed by atoms with Crippen LogP contribution in [0.25, 0.3) is 5.57 Å². The van der Waals surface area contributed by atoms with E-state index in [9.17, 15) is 4.79 Å². The fraction of sp³-hybridized carbons (Fsp3) is 0.488. The van der Waals surface area contributed by atoms with Crippen molar-refractivity contribution in [1.82, 2.24) is 9.80 Å². The third-order valence-corrected chi connectivity index (χ3v) is 10.6. The first kappa shape index (κ1) is 33.8. The van der Waals surface area contributed by atoms with Gasteiger partial charge in [-0.25, -0.2) is 0 Å². The molecule has 0 amide bonds. The zero-order chi connectivity index (χ0) is 32.8. The molecule has 6 heteroatoms. The number of hydrogen-bond acceptors (Lipinski definition) is 5. The highest BCUT2D eigenvalue weighted by molar-refractivity contribution is 6.30. The van der Waals surface area contributed by atoms with Gasteiger partial charge in [0.15, 0.2) is 0 Å². The highest BCUT2D eigenvalue weighted by Crippen LogP contribution is 2.49.